The number of nitrogens with two attached hydrogens (primary N) is 1. The summed E-state index contributed by atoms with van der Waals surface area (Å²) in [5.74, 6) is 1.63. The van der Waals surface area contributed by atoms with E-state index >= 15 is 0 Å². The van der Waals surface area contributed by atoms with Crippen molar-refractivity contribution in [1.82, 2.24) is 15.2 Å². The van der Waals surface area contributed by atoms with Gasteiger partial charge in [0.1, 0.15) is 5.82 Å². The summed E-state index contributed by atoms with van der Waals surface area (Å²) in [5.41, 5.74) is 7.23. The Bertz CT molecular complexity index is 559. The van der Waals surface area contributed by atoms with Crippen LogP contribution in [0.1, 0.15) is 44.6 Å². The van der Waals surface area contributed by atoms with Gasteiger partial charge in [0.05, 0.1) is 6.54 Å². The third-order valence-electron chi connectivity index (χ3n) is 5.34. The lowest BCUT2D eigenvalue weighted by molar-refractivity contribution is 0.270. The van der Waals surface area contributed by atoms with E-state index in [0.717, 1.165) is 44.1 Å². The van der Waals surface area contributed by atoms with Gasteiger partial charge in [-0.05, 0) is 37.1 Å². The molecule has 0 atom stereocenters. The molecule has 1 aliphatic heterocycles. The van der Waals surface area contributed by atoms with Crippen molar-refractivity contribution in [2.75, 3.05) is 37.6 Å². The van der Waals surface area contributed by atoms with Crippen LogP contribution in [-0.2, 0) is 6.54 Å². The molecule has 0 unspecified atom stereocenters. The SMILES string of the molecule is CCN1CCN(c2cc(CN=C(N)NC3CCCCC3)ccn2)CC1. The number of nitrogens with zero attached hydrogens (tertiary/aromatic N) is 4. The summed E-state index contributed by atoms with van der Waals surface area (Å²) in [5, 5.41) is 3.37. The van der Waals surface area contributed by atoms with Crippen LogP contribution in [0.25, 0.3) is 0 Å². The number of pyridine rings is 1. The Labute approximate surface area is 151 Å². The number of nitrogens with one attached hydrogen (secondary N) is 1. The molecule has 0 aromatic carbocycles. The fourth-order valence-electron chi connectivity index (χ4n) is 3.70. The van der Waals surface area contributed by atoms with Crippen LogP contribution < -0.4 is 16.0 Å². The number of hydrogen-bond donors (Lipinski definition) is 2. The van der Waals surface area contributed by atoms with Gasteiger partial charge in [-0.15, -0.1) is 0 Å². The molecule has 1 aromatic rings. The maximum absolute atomic E-state index is 6.07. The van der Waals surface area contributed by atoms with Crippen molar-refractivity contribution in [3.05, 3.63) is 23.9 Å². The zero-order valence-corrected chi connectivity index (χ0v) is 15.5. The van der Waals surface area contributed by atoms with E-state index in [1.165, 1.54) is 32.1 Å². The summed E-state index contributed by atoms with van der Waals surface area (Å²) in [6.07, 6.45) is 8.24. The Morgan fingerprint density at radius 3 is 2.72 bits per heavy atom. The quantitative estimate of drug-likeness (QED) is 0.631. The number of likely N-dealkylation sites (N-methyl/N-ethyl adjacent to an activating group) is 1. The highest BCUT2D eigenvalue weighted by Gasteiger charge is 2.17. The fourth-order valence-corrected chi connectivity index (χ4v) is 3.70. The van der Waals surface area contributed by atoms with Gasteiger partial charge in [0.2, 0.25) is 0 Å². The topological polar surface area (TPSA) is 69.8 Å². The summed E-state index contributed by atoms with van der Waals surface area (Å²) < 4.78 is 0. The van der Waals surface area contributed by atoms with Crippen LogP contribution in [0.15, 0.2) is 23.3 Å². The van der Waals surface area contributed by atoms with E-state index in [1.54, 1.807) is 0 Å². The standard InChI is InChI=1S/C19H32N6/c1-2-24-10-12-25(13-11-24)18-14-16(8-9-21-18)15-22-19(20)23-17-6-4-3-5-7-17/h8-9,14,17H,2-7,10-13,15H2,1H3,(H3,20,22,23). The van der Waals surface area contributed by atoms with Crippen molar-refractivity contribution in [3.8, 4) is 0 Å². The van der Waals surface area contributed by atoms with Crippen LogP contribution in [0.2, 0.25) is 0 Å². The second-order valence-electron chi connectivity index (χ2n) is 7.12. The van der Waals surface area contributed by atoms with Gasteiger partial charge in [0.15, 0.2) is 5.96 Å². The molecule has 2 fully saturated rings. The van der Waals surface area contributed by atoms with Gasteiger partial charge in [0.25, 0.3) is 0 Å². The highest BCUT2D eigenvalue weighted by Crippen LogP contribution is 2.18. The molecule has 0 bridgehead atoms. The van der Waals surface area contributed by atoms with E-state index in [9.17, 15) is 0 Å². The molecular formula is C19H32N6. The predicted octanol–water partition coefficient (Wildman–Crippen LogP) is 1.96. The Hall–Kier alpha value is -1.82. The van der Waals surface area contributed by atoms with Crippen LogP contribution in [0, 0.1) is 0 Å². The van der Waals surface area contributed by atoms with Crippen molar-refractivity contribution in [2.24, 2.45) is 10.7 Å². The molecule has 1 saturated carbocycles. The van der Waals surface area contributed by atoms with Crippen molar-refractivity contribution in [3.63, 3.8) is 0 Å². The molecule has 2 aliphatic rings. The summed E-state index contributed by atoms with van der Waals surface area (Å²) in [6, 6.07) is 4.68. The molecule has 1 aliphatic carbocycles. The van der Waals surface area contributed by atoms with Crippen LogP contribution in [0.3, 0.4) is 0 Å². The van der Waals surface area contributed by atoms with E-state index < -0.39 is 0 Å². The lowest BCUT2D eigenvalue weighted by Crippen LogP contribution is -2.46. The monoisotopic (exact) mass is 344 g/mol. The van der Waals surface area contributed by atoms with Gasteiger partial charge in [-0.25, -0.2) is 9.98 Å². The predicted molar refractivity (Wildman–Crippen MR) is 104 cm³/mol. The number of aromatic nitrogens is 1. The highest BCUT2D eigenvalue weighted by molar-refractivity contribution is 5.78. The van der Waals surface area contributed by atoms with Gasteiger partial charge < -0.3 is 20.9 Å². The number of guanidine groups is 1. The van der Waals surface area contributed by atoms with Crippen molar-refractivity contribution >= 4 is 11.8 Å². The summed E-state index contributed by atoms with van der Waals surface area (Å²) in [7, 11) is 0. The third kappa shape index (κ3) is 5.33. The average molecular weight is 345 g/mol. The molecule has 2 heterocycles. The molecule has 25 heavy (non-hydrogen) atoms. The van der Waals surface area contributed by atoms with Crippen LogP contribution in [0.4, 0.5) is 5.82 Å². The smallest absolute Gasteiger partial charge is 0.189 e. The fraction of sp³-hybridized carbons (Fsp3) is 0.684. The normalized spacial score (nSPS) is 20.7. The first kappa shape index (κ1) is 18.0. The van der Waals surface area contributed by atoms with Crippen molar-refractivity contribution in [2.45, 2.75) is 51.6 Å². The summed E-state index contributed by atoms with van der Waals surface area (Å²) >= 11 is 0. The lowest BCUT2D eigenvalue weighted by Gasteiger charge is -2.34. The number of rotatable bonds is 5. The second-order valence-corrected chi connectivity index (χ2v) is 7.12. The van der Waals surface area contributed by atoms with Crippen molar-refractivity contribution < 1.29 is 0 Å². The van der Waals surface area contributed by atoms with Gasteiger partial charge in [0, 0.05) is 38.4 Å². The van der Waals surface area contributed by atoms with Gasteiger partial charge >= 0.3 is 0 Å². The number of anilines is 1. The van der Waals surface area contributed by atoms with E-state index in [1.807, 2.05) is 12.3 Å². The zero-order valence-electron chi connectivity index (χ0n) is 15.5. The first-order valence-corrected chi connectivity index (χ1v) is 9.73. The molecule has 3 rings (SSSR count). The van der Waals surface area contributed by atoms with E-state index in [2.05, 4.69) is 38.1 Å². The van der Waals surface area contributed by atoms with Gasteiger partial charge in [-0.2, -0.15) is 0 Å². The summed E-state index contributed by atoms with van der Waals surface area (Å²) in [6.45, 7) is 8.26. The molecule has 138 valence electrons. The van der Waals surface area contributed by atoms with E-state index in [-0.39, 0.29) is 0 Å². The molecule has 6 heteroatoms. The number of hydrogen-bond acceptors (Lipinski definition) is 4. The highest BCUT2D eigenvalue weighted by atomic mass is 15.3. The molecule has 0 spiro atoms. The molecule has 1 aromatic heterocycles. The Kier molecular flexibility index (Phi) is 6.50. The Morgan fingerprint density at radius 2 is 2.00 bits per heavy atom. The molecular weight excluding hydrogens is 312 g/mol. The Morgan fingerprint density at radius 1 is 1.24 bits per heavy atom. The minimum Gasteiger partial charge on any atom is -0.370 e. The average Bonchev–Trinajstić information content (AvgIpc) is 2.67. The van der Waals surface area contributed by atoms with E-state index in [4.69, 9.17) is 5.73 Å². The minimum atomic E-state index is 0.500. The van der Waals surface area contributed by atoms with Crippen LogP contribution >= 0.6 is 0 Å². The lowest BCUT2D eigenvalue weighted by atomic mass is 9.96. The first-order chi connectivity index (χ1) is 12.2. The molecule has 3 N–H and O–H groups in total. The molecule has 0 radical (unpaired) electrons. The van der Waals surface area contributed by atoms with Crippen LogP contribution in [0.5, 0.6) is 0 Å². The van der Waals surface area contributed by atoms with Crippen molar-refractivity contribution in [1.29, 1.82) is 0 Å². The summed E-state index contributed by atoms with van der Waals surface area (Å²) in [4.78, 5) is 13.9. The molecule has 0 amide bonds. The molecule has 6 nitrogen and oxygen atoms in total. The van der Waals surface area contributed by atoms with Gasteiger partial charge in [-0.3, -0.25) is 0 Å². The maximum Gasteiger partial charge on any atom is 0.189 e. The Balaban J connectivity index is 1.53. The number of piperazine rings is 1. The van der Waals surface area contributed by atoms with Crippen LogP contribution in [-0.4, -0.2) is 54.6 Å². The zero-order chi connectivity index (χ0) is 17.5. The third-order valence-corrected chi connectivity index (χ3v) is 5.34. The molecule has 1 saturated heterocycles. The number of aliphatic imine (C=N–C) groups is 1. The first-order valence-electron chi connectivity index (χ1n) is 9.73. The van der Waals surface area contributed by atoms with E-state index in [0.29, 0.717) is 18.5 Å². The second kappa shape index (κ2) is 9.04. The maximum atomic E-state index is 6.07. The van der Waals surface area contributed by atoms with Gasteiger partial charge in [-0.1, -0.05) is 26.2 Å². The largest absolute Gasteiger partial charge is 0.370 e. The minimum absolute atomic E-state index is 0.500.